The summed E-state index contributed by atoms with van der Waals surface area (Å²) in [5, 5.41) is 3.91. The molecule has 5 nitrogen and oxygen atoms in total. The Hall–Kier alpha value is -3.25. The van der Waals surface area contributed by atoms with E-state index in [-0.39, 0.29) is 16.9 Å². The SMILES string of the molecule is Cc1ncsc1NC(=O)c1cccc2c(=O)c(C)c(-c3ccccc3)oc12. The number of aromatic nitrogens is 1. The molecule has 4 rings (SSSR count). The van der Waals surface area contributed by atoms with Crippen molar-refractivity contribution < 1.29 is 9.21 Å². The Balaban J connectivity index is 1.90. The van der Waals surface area contributed by atoms with Gasteiger partial charge in [-0.25, -0.2) is 4.98 Å². The summed E-state index contributed by atoms with van der Waals surface area (Å²) >= 11 is 1.35. The van der Waals surface area contributed by atoms with Gasteiger partial charge in [-0.05, 0) is 26.0 Å². The molecule has 4 aromatic rings. The number of carbonyl (C=O) groups excluding carboxylic acids is 1. The van der Waals surface area contributed by atoms with Crippen LogP contribution in [0.1, 0.15) is 21.6 Å². The van der Waals surface area contributed by atoms with E-state index in [9.17, 15) is 9.59 Å². The van der Waals surface area contributed by atoms with E-state index in [2.05, 4.69) is 10.3 Å². The van der Waals surface area contributed by atoms with Crippen molar-refractivity contribution >= 4 is 33.2 Å². The maximum atomic E-state index is 12.9. The number of rotatable bonds is 3. The van der Waals surface area contributed by atoms with Crippen molar-refractivity contribution in [1.82, 2.24) is 4.98 Å². The molecule has 0 saturated heterocycles. The molecule has 0 atom stereocenters. The molecule has 0 spiro atoms. The Labute approximate surface area is 159 Å². The highest BCUT2D eigenvalue weighted by Gasteiger charge is 2.19. The molecule has 27 heavy (non-hydrogen) atoms. The van der Waals surface area contributed by atoms with Crippen LogP contribution in [0.4, 0.5) is 5.00 Å². The van der Waals surface area contributed by atoms with E-state index in [1.165, 1.54) is 11.3 Å². The molecular weight excluding hydrogens is 360 g/mol. The van der Waals surface area contributed by atoms with Gasteiger partial charge in [0.2, 0.25) is 0 Å². The van der Waals surface area contributed by atoms with Gasteiger partial charge in [-0.1, -0.05) is 36.4 Å². The Kier molecular flexibility index (Phi) is 4.33. The highest BCUT2D eigenvalue weighted by Crippen LogP contribution is 2.28. The largest absolute Gasteiger partial charge is 0.455 e. The molecule has 134 valence electrons. The molecule has 0 fully saturated rings. The van der Waals surface area contributed by atoms with Crippen LogP contribution in [0.5, 0.6) is 0 Å². The number of thiazole rings is 1. The van der Waals surface area contributed by atoms with E-state index >= 15 is 0 Å². The Morgan fingerprint density at radius 2 is 1.85 bits per heavy atom. The second-order valence-corrected chi connectivity index (χ2v) is 7.01. The third-order valence-electron chi connectivity index (χ3n) is 4.40. The number of nitrogens with one attached hydrogen (secondary N) is 1. The zero-order chi connectivity index (χ0) is 19.0. The summed E-state index contributed by atoms with van der Waals surface area (Å²) in [6.07, 6.45) is 0. The first-order valence-corrected chi connectivity index (χ1v) is 9.27. The van der Waals surface area contributed by atoms with Crippen molar-refractivity contribution in [2.75, 3.05) is 5.32 Å². The number of carbonyl (C=O) groups is 1. The summed E-state index contributed by atoms with van der Waals surface area (Å²) in [5.74, 6) is 0.140. The third-order valence-corrected chi connectivity index (χ3v) is 5.24. The fourth-order valence-corrected chi connectivity index (χ4v) is 3.64. The van der Waals surface area contributed by atoms with Crippen LogP contribution in [0.15, 0.2) is 63.3 Å². The van der Waals surface area contributed by atoms with E-state index in [0.29, 0.717) is 27.3 Å². The highest BCUT2D eigenvalue weighted by molar-refractivity contribution is 7.14. The Bertz CT molecular complexity index is 1210. The lowest BCUT2D eigenvalue weighted by Crippen LogP contribution is -2.14. The topological polar surface area (TPSA) is 72.2 Å². The fraction of sp³-hybridized carbons (Fsp3) is 0.0952. The molecule has 6 heteroatoms. The average Bonchev–Trinajstić information content (AvgIpc) is 3.09. The van der Waals surface area contributed by atoms with Gasteiger partial charge in [0, 0.05) is 11.1 Å². The lowest BCUT2D eigenvalue weighted by atomic mass is 10.0. The lowest BCUT2D eigenvalue weighted by molar-refractivity contribution is 0.102. The van der Waals surface area contributed by atoms with Crippen molar-refractivity contribution in [2.24, 2.45) is 0 Å². The van der Waals surface area contributed by atoms with Crippen LogP contribution < -0.4 is 10.7 Å². The molecule has 0 saturated carbocycles. The van der Waals surface area contributed by atoms with Gasteiger partial charge in [-0.2, -0.15) is 0 Å². The summed E-state index contributed by atoms with van der Waals surface area (Å²) in [6, 6.07) is 14.4. The van der Waals surface area contributed by atoms with E-state index in [4.69, 9.17) is 4.42 Å². The van der Waals surface area contributed by atoms with Crippen molar-refractivity contribution in [2.45, 2.75) is 13.8 Å². The minimum Gasteiger partial charge on any atom is -0.455 e. The molecule has 0 unspecified atom stereocenters. The van der Waals surface area contributed by atoms with E-state index in [1.54, 1.807) is 30.6 Å². The number of nitrogens with zero attached hydrogens (tertiary/aromatic N) is 1. The second kappa shape index (κ2) is 6.81. The van der Waals surface area contributed by atoms with Crippen molar-refractivity contribution in [3.63, 3.8) is 0 Å². The number of anilines is 1. The van der Waals surface area contributed by atoms with Gasteiger partial charge in [0.15, 0.2) is 11.0 Å². The van der Waals surface area contributed by atoms with Crippen LogP contribution in [0, 0.1) is 13.8 Å². The molecule has 2 heterocycles. The lowest BCUT2D eigenvalue weighted by Gasteiger charge is -2.10. The van der Waals surface area contributed by atoms with Crippen LogP contribution in [0.25, 0.3) is 22.3 Å². The van der Waals surface area contributed by atoms with Gasteiger partial charge >= 0.3 is 0 Å². The molecule has 2 aromatic carbocycles. The van der Waals surface area contributed by atoms with E-state index in [0.717, 1.165) is 11.3 Å². The summed E-state index contributed by atoms with van der Waals surface area (Å²) in [5.41, 5.74) is 4.19. The van der Waals surface area contributed by atoms with Crippen LogP contribution in [-0.4, -0.2) is 10.9 Å². The van der Waals surface area contributed by atoms with Gasteiger partial charge in [-0.15, -0.1) is 11.3 Å². The highest BCUT2D eigenvalue weighted by atomic mass is 32.1. The van der Waals surface area contributed by atoms with Gasteiger partial charge in [0.1, 0.15) is 10.8 Å². The van der Waals surface area contributed by atoms with Crippen molar-refractivity contribution in [3.8, 4) is 11.3 Å². The van der Waals surface area contributed by atoms with Gasteiger partial charge < -0.3 is 9.73 Å². The monoisotopic (exact) mass is 376 g/mol. The summed E-state index contributed by atoms with van der Waals surface area (Å²) in [4.78, 5) is 29.8. The molecule has 0 aliphatic heterocycles. The number of fused-ring (bicyclic) bond motifs is 1. The molecule has 0 aliphatic carbocycles. The maximum absolute atomic E-state index is 12.9. The normalized spacial score (nSPS) is 10.9. The molecule has 2 aromatic heterocycles. The van der Waals surface area contributed by atoms with Crippen molar-refractivity contribution in [1.29, 1.82) is 0 Å². The maximum Gasteiger partial charge on any atom is 0.260 e. The minimum absolute atomic E-state index is 0.140. The van der Waals surface area contributed by atoms with E-state index < -0.39 is 0 Å². The molecule has 1 N–H and O–H groups in total. The van der Waals surface area contributed by atoms with Crippen LogP contribution >= 0.6 is 11.3 Å². The van der Waals surface area contributed by atoms with Gasteiger partial charge in [0.05, 0.1) is 22.2 Å². The molecule has 0 aliphatic rings. The van der Waals surface area contributed by atoms with Crippen LogP contribution in [0.2, 0.25) is 0 Å². The number of hydrogen-bond acceptors (Lipinski definition) is 5. The fourth-order valence-electron chi connectivity index (χ4n) is 2.95. The molecular formula is C21H16N2O3S. The summed E-state index contributed by atoms with van der Waals surface area (Å²) in [6.45, 7) is 3.56. The van der Waals surface area contributed by atoms with Gasteiger partial charge in [0.25, 0.3) is 5.91 Å². The summed E-state index contributed by atoms with van der Waals surface area (Å²) < 4.78 is 6.09. The van der Waals surface area contributed by atoms with Crippen LogP contribution in [0.3, 0.4) is 0 Å². The Morgan fingerprint density at radius 1 is 1.07 bits per heavy atom. The quantitative estimate of drug-likeness (QED) is 0.558. The first-order valence-electron chi connectivity index (χ1n) is 8.39. The predicted molar refractivity (Wildman–Crippen MR) is 107 cm³/mol. The molecule has 0 radical (unpaired) electrons. The molecule has 0 bridgehead atoms. The summed E-state index contributed by atoms with van der Waals surface area (Å²) in [7, 11) is 0. The number of hydrogen-bond donors (Lipinski definition) is 1. The first-order chi connectivity index (χ1) is 13.1. The van der Waals surface area contributed by atoms with Gasteiger partial charge in [-0.3, -0.25) is 9.59 Å². The van der Waals surface area contributed by atoms with Crippen LogP contribution in [-0.2, 0) is 0 Å². The number of amides is 1. The van der Waals surface area contributed by atoms with E-state index in [1.807, 2.05) is 37.3 Å². The Morgan fingerprint density at radius 3 is 2.56 bits per heavy atom. The zero-order valence-corrected chi connectivity index (χ0v) is 15.6. The van der Waals surface area contributed by atoms with Crippen molar-refractivity contribution in [3.05, 3.63) is 81.1 Å². The number of aryl methyl sites for hydroxylation is 1. The second-order valence-electron chi connectivity index (χ2n) is 6.15. The number of para-hydroxylation sites is 1. The predicted octanol–water partition coefficient (Wildman–Crippen LogP) is 4.79. The standard InChI is InChI=1S/C21H16N2O3S/c1-12-17(24)15-9-6-10-16(20(25)23-21-13(2)22-11-27-21)19(15)26-18(12)14-7-4-3-5-8-14/h3-11H,1-2H3,(H,23,25). The third kappa shape index (κ3) is 3.04. The zero-order valence-electron chi connectivity index (χ0n) is 14.8. The number of benzene rings is 2. The molecule has 1 amide bonds. The first kappa shape index (κ1) is 17.2. The minimum atomic E-state index is -0.334. The average molecular weight is 376 g/mol. The smallest absolute Gasteiger partial charge is 0.260 e.